The highest BCUT2D eigenvalue weighted by Gasteiger charge is 2.28. The van der Waals surface area contributed by atoms with Gasteiger partial charge in [0, 0.05) is 59.9 Å². The van der Waals surface area contributed by atoms with Crippen LogP contribution in [-0.2, 0) is 9.59 Å². The van der Waals surface area contributed by atoms with Crippen molar-refractivity contribution in [3.63, 3.8) is 0 Å². The van der Waals surface area contributed by atoms with Crippen molar-refractivity contribution < 1.29 is 9.59 Å². The molecular formula is C21H39IN6O2. The van der Waals surface area contributed by atoms with E-state index in [0.29, 0.717) is 24.9 Å². The minimum atomic E-state index is -0.0304. The van der Waals surface area contributed by atoms with Gasteiger partial charge >= 0.3 is 0 Å². The Kier molecular flexibility index (Phi) is 11.7. The highest BCUT2D eigenvalue weighted by molar-refractivity contribution is 14.0. The lowest BCUT2D eigenvalue weighted by Gasteiger charge is -2.39. The lowest BCUT2D eigenvalue weighted by molar-refractivity contribution is -0.135. The molecule has 2 aliphatic heterocycles. The quantitative estimate of drug-likeness (QED) is 0.238. The predicted molar refractivity (Wildman–Crippen MR) is 132 cm³/mol. The zero-order valence-electron chi connectivity index (χ0n) is 19.0. The van der Waals surface area contributed by atoms with Crippen LogP contribution < -0.4 is 5.32 Å². The molecule has 0 aromatic heterocycles. The van der Waals surface area contributed by atoms with Crippen LogP contribution in [0.25, 0.3) is 0 Å². The van der Waals surface area contributed by atoms with E-state index in [1.807, 2.05) is 4.90 Å². The number of likely N-dealkylation sites (N-methyl/N-ethyl adjacent to an activating group) is 1. The molecule has 2 rings (SSSR count). The first kappa shape index (κ1) is 26.7. The number of nitrogens with one attached hydrogen (secondary N) is 1. The van der Waals surface area contributed by atoms with Gasteiger partial charge in [0.25, 0.3) is 0 Å². The van der Waals surface area contributed by atoms with Crippen LogP contribution in [0.3, 0.4) is 0 Å². The fraction of sp³-hybridized carbons (Fsp3) is 0.762. The molecule has 2 unspecified atom stereocenters. The molecule has 0 radical (unpaired) electrons. The summed E-state index contributed by atoms with van der Waals surface area (Å²) in [5, 5.41) is 3.24. The molecule has 9 heteroatoms. The highest BCUT2D eigenvalue weighted by Crippen LogP contribution is 2.21. The van der Waals surface area contributed by atoms with Crippen molar-refractivity contribution in [1.82, 2.24) is 24.9 Å². The molecule has 0 aromatic rings. The van der Waals surface area contributed by atoms with E-state index in [1.54, 1.807) is 25.1 Å². The Morgan fingerprint density at radius 2 is 1.70 bits per heavy atom. The molecule has 0 aromatic carbocycles. The highest BCUT2D eigenvalue weighted by atomic mass is 127. The first-order valence-corrected chi connectivity index (χ1v) is 10.6. The second-order valence-electron chi connectivity index (χ2n) is 8.61. The van der Waals surface area contributed by atoms with Crippen LogP contribution in [0.1, 0.15) is 20.3 Å². The third kappa shape index (κ3) is 8.41. The largest absolute Gasteiger partial charge is 0.353 e. The Morgan fingerprint density at radius 1 is 1.10 bits per heavy atom. The second-order valence-corrected chi connectivity index (χ2v) is 8.61. The van der Waals surface area contributed by atoms with Crippen LogP contribution in [0.4, 0.5) is 0 Å². The number of carbonyl (C=O) groups is 2. The summed E-state index contributed by atoms with van der Waals surface area (Å²) >= 11 is 0. The predicted octanol–water partition coefficient (Wildman–Crippen LogP) is 0.946. The second kappa shape index (κ2) is 13.1. The lowest BCUT2D eigenvalue weighted by Crippen LogP contribution is -2.55. The van der Waals surface area contributed by atoms with Gasteiger partial charge in [-0.1, -0.05) is 19.9 Å². The molecule has 2 aliphatic rings. The maximum atomic E-state index is 12.7. The molecule has 30 heavy (non-hydrogen) atoms. The summed E-state index contributed by atoms with van der Waals surface area (Å²) < 4.78 is 0. The third-order valence-corrected chi connectivity index (χ3v) is 5.52. The molecule has 0 saturated carbocycles. The minimum Gasteiger partial charge on any atom is -0.353 e. The average Bonchev–Trinajstić information content (AvgIpc) is 2.67. The van der Waals surface area contributed by atoms with Crippen molar-refractivity contribution in [1.29, 1.82) is 0 Å². The minimum absolute atomic E-state index is 0. The van der Waals surface area contributed by atoms with Gasteiger partial charge < -0.3 is 20.0 Å². The fourth-order valence-corrected chi connectivity index (χ4v) is 3.99. The van der Waals surface area contributed by atoms with E-state index >= 15 is 0 Å². The summed E-state index contributed by atoms with van der Waals surface area (Å²) in [6.45, 7) is 14.3. The first-order chi connectivity index (χ1) is 13.8. The van der Waals surface area contributed by atoms with Crippen molar-refractivity contribution >= 4 is 41.8 Å². The number of guanidine groups is 1. The zero-order chi connectivity index (χ0) is 21.4. The molecule has 0 spiro atoms. The van der Waals surface area contributed by atoms with Crippen LogP contribution in [0, 0.1) is 11.8 Å². The van der Waals surface area contributed by atoms with Gasteiger partial charge in [-0.05, 0) is 18.3 Å². The fourth-order valence-electron chi connectivity index (χ4n) is 3.99. The summed E-state index contributed by atoms with van der Waals surface area (Å²) in [5.74, 6) is 2.10. The van der Waals surface area contributed by atoms with E-state index in [9.17, 15) is 9.59 Å². The van der Waals surface area contributed by atoms with Crippen molar-refractivity contribution in [2.24, 2.45) is 16.8 Å². The maximum Gasteiger partial charge on any atom is 0.243 e. The van der Waals surface area contributed by atoms with E-state index in [0.717, 1.165) is 45.2 Å². The van der Waals surface area contributed by atoms with Crippen molar-refractivity contribution in [3.8, 4) is 0 Å². The molecule has 2 atom stereocenters. The number of piperazine rings is 1. The van der Waals surface area contributed by atoms with Crippen LogP contribution in [-0.4, -0.2) is 110 Å². The van der Waals surface area contributed by atoms with Crippen LogP contribution in [0.5, 0.6) is 0 Å². The molecule has 0 bridgehead atoms. The number of aliphatic imine (C=N–C) groups is 1. The summed E-state index contributed by atoms with van der Waals surface area (Å²) in [7, 11) is 3.46. The summed E-state index contributed by atoms with van der Waals surface area (Å²) in [5.41, 5.74) is 0. The van der Waals surface area contributed by atoms with Crippen LogP contribution >= 0.6 is 24.0 Å². The topological polar surface area (TPSA) is 71.5 Å². The molecule has 2 fully saturated rings. The van der Waals surface area contributed by atoms with Gasteiger partial charge in [0.2, 0.25) is 11.8 Å². The molecule has 2 amide bonds. The molecule has 172 valence electrons. The SMILES string of the molecule is C=CCNC(=NCC(=O)N(C)C)N1CCN(CC(=O)N2CC(C)CC(C)C2)CC1.I. The smallest absolute Gasteiger partial charge is 0.243 e. The van der Waals surface area contributed by atoms with E-state index in [4.69, 9.17) is 0 Å². The van der Waals surface area contributed by atoms with E-state index in [-0.39, 0.29) is 42.3 Å². The first-order valence-electron chi connectivity index (χ1n) is 10.6. The molecule has 8 nitrogen and oxygen atoms in total. The Morgan fingerprint density at radius 3 is 2.23 bits per heavy atom. The van der Waals surface area contributed by atoms with Crippen LogP contribution in [0.2, 0.25) is 0 Å². The summed E-state index contributed by atoms with van der Waals surface area (Å²) in [4.78, 5) is 37.0. The van der Waals surface area contributed by atoms with Crippen molar-refractivity contribution in [2.75, 3.05) is 73.0 Å². The van der Waals surface area contributed by atoms with E-state index in [1.165, 1.54) is 6.42 Å². The summed E-state index contributed by atoms with van der Waals surface area (Å²) in [6.07, 6.45) is 2.98. The Hall–Kier alpha value is -1.36. The van der Waals surface area contributed by atoms with Gasteiger partial charge in [0.15, 0.2) is 5.96 Å². The van der Waals surface area contributed by atoms with E-state index in [2.05, 4.69) is 40.5 Å². The van der Waals surface area contributed by atoms with Crippen molar-refractivity contribution in [3.05, 3.63) is 12.7 Å². The number of carbonyl (C=O) groups excluding carboxylic acids is 2. The van der Waals surface area contributed by atoms with Crippen LogP contribution in [0.15, 0.2) is 17.6 Å². The number of hydrogen-bond acceptors (Lipinski definition) is 4. The van der Waals surface area contributed by atoms with Gasteiger partial charge in [-0.15, -0.1) is 30.6 Å². The normalized spacial score (nSPS) is 22.9. The molecule has 1 N–H and O–H groups in total. The summed E-state index contributed by atoms with van der Waals surface area (Å²) in [6, 6.07) is 0. The number of likely N-dealkylation sites (tertiary alicyclic amines) is 1. The average molecular weight is 534 g/mol. The zero-order valence-corrected chi connectivity index (χ0v) is 21.3. The number of nitrogens with zero attached hydrogens (tertiary/aromatic N) is 5. The standard InChI is InChI=1S/C21H38N6O2.HI/c1-6-7-22-21(23-13-19(28)24(4)5)26-10-8-25(9-11-26)16-20(29)27-14-17(2)12-18(3)15-27;/h6,17-18H,1,7-16H2,2-5H3,(H,22,23);1H. The number of hydrogen-bond donors (Lipinski definition) is 1. The van der Waals surface area contributed by atoms with Gasteiger partial charge in [-0.3, -0.25) is 14.5 Å². The number of piperidine rings is 1. The molecule has 2 saturated heterocycles. The molecule has 2 heterocycles. The van der Waals surface area contributed by atoms with Gasteiger partial charge in [-0.25, -0.2) is 4.99 Å². The van der Waals surface area contributed by atoms with Gasteiger partial charge in [-0.2, -0.15) is 0 Å². The maximum absolute atomic E-state index is 12.7. The number of amides is 2. The van der Waals surface area contributed by atoms with Crippen molar-refractivity contribution in [2.45, 2.75) is 20.3 Å². The van der Waals surface area contributed by atoms with Gasteiger partial charge in [0.05, 0.1) is 6.54 Å². The molecular weight excluding hydrogens is 495 g/mol. The molecule has 0 aliphatic carbocycles. The number of rotatable bonds is 6. The van der Waals surface area contributed by atoms with E-state index < -0.39 is 0 Å². The monoisotopic (exact) mass is 534 g/mol. The third-order valence-electron chi connectivity index (χ3n) is 5.52. The Labute approximate surface area is 198 Å². The van der Waals surface area contributed by atoms with Gasteiger partial charge in [0.1, 0.15) is 6.54 Å². The Balaban J connectivity index is 0.00000450. The number of halogens is 1. The lowest BCUT2D eigenvalue weighted by atomic mass is 9.92. The Bertz CT molecular complexity index is 594.